The number of azo groups is 1. The van der Waals surface area contributed by atoms with Crippen LogP contribution in [0.5, 0.6) is 0 Å². The number of carboxylic acid groups (broad SMARTS) is 1. The molecule has 0 spiro atoms. The average molecular weight is 484 g/mol. The number of hydrogen-bond donors (Lipinski definition) is 7. The molecule has 0 aromatic heterocycles. The van der Waals surface area contributed by atoms with Crippen molar-refractivity contribution in [1.29, 1.82) is 5.41 Å². The first-order valence-corrected chi connectivity index (χ1v) is 10.8. The zero-order chi connectivity index (χ0) is 25.8. The van der Waals surface area contributed by atoms with Crippen LogP contribution in [0.2, 0.25) is 0 Å². The van der Waals surface area contributed by atoms with Gasteiger partial charge in [-0.2, -0.15) is 0 Å². The molecule has 0 aliphatic carbocycles. The van der Waals surface area contributed by atoms with Crippen molar-refractivity contribution in [2.45, 2.75) is 44.5 Å². The molecule has 0 aliphatic heterocycles. The summed E-state index contributed by atoms with van der Waals surface area (Å²) in [4.78, 5) is 37.3. The Bertz CT molecular complexity index is 1040. The maximum Gasteiger partial charge on any atom is 0.360 e. The number of nitrogens with one attached hydrogen (secondary N) is 4. The predicted octanol–water partition coefficient (Wildman–Crippen LogP) is 1.41. The molecule has 2 aromatic carbocycles. The Hall–Kier alpha value is -4.32. The highest BCUT2D eigenvalue weighted by Gasteiger charge is 2.32. The van der Waals surface area contributed by atoms with E-state index in [1.807, 2.05) is 0 Å². The topological polar surface area (TPSA) is 202 Å². The highest BCUT2D eigenvalue weighted by Crippen LogP contribution is 2.14. The van der Waals surface area contributed by atoms with Gasteiger partial charge in [0.05, 0.1) is 18.3 Å². The van der Waals surface area contributed by atoms with E-state index in [0.717, 1.165) is 5.56 Å². The van der Waals surface area contributed by atoms with Crippen LogP contribution in [0.4, 0.5) is 10.5 Å². The van der Waals surface area contributed by atoms with Crippen molar-refractivity contribution in [2.75, 3.05) is 0 Å². The Balaban J connectivity index is 2.19. The van der Waals surface area contributed by atoms with E-state index in [-0.39, 0.29) is 19.4 Å². The maximum absolute atomic E-state index is 13.1. The largest absolute Gasteiger partial charge is 0.480 e. The quantitative estimate of drug-likeness (QED) is 0.142. The van der Waals surface area contributed by atoms with E-state index < -0.39 is 42.0 Å². The second kappa shape index (κ2) is 13.4. The molecular weight excluding hydrogens is 454 g/mol. The number of nitrogens with zero attached hydrogens (tertiary/aromatic N) is 2. The average Bonchev–Trinajstić information content (AvgIpc) is 2.84. The summed E-state index contributed by atoms with van der Waals surface area (Å²) in [5, 5.41) is 40.9. The van der Waals surface area contributed by atoms with E-state index in [4.69, 9.17) is 16.2 Å². The molecule has 3 atom stereocenters. The van der Waals surface area contributed by atoms with E-state index in [9.17, 15) is 19.5 Å². The highest BCUT2D eigenvalue weighted by molar-refractivity contribution is 5.91. The van der Waals surface area contributed by atoms with Crippen molar-refractivity contribution in [3.63, 3.8) is 0 Å². The van der Waals surface area contributed by atoms with Crippen LogP contribution in [-0.2, 0) is 22.6 Å². The minimum atomic E-state index is -1.40. The second-order valence-electron chi connectivity index (χ2n) is 7.61. The molecule has 3 unspecified atom stereocenters. The number of guanidine groups is 1. The Morgan fingerprint density at radius 3 is 2.20 bits per heavy atom. The molecule has 0 bridgehead atoms. The highest BCUT2D eigenvalue weighted by atomic mass is 16.4. The van der Waals surface area contributed by atoms with Crippen LogP contribution in [0.25, 0.3) is 0 Å². The number of carbonyl (C=O) groups excluding carboxylic acids is 2. The molecule has 35 heavy (non-hydrogen) atoms. The molecule has 0 saturated carbocycles. The molecule has 0 radical (unpaired) electrons. The lowest BCUT2D eigenvalue weighted by Gasteiger charge is -2.27. The number of carboxylic acids is 1. The van der Waals surface area contributed by atoms with Gasteiger partial charge in [0, 0.05) is 6.42 Å². The van der Waals surface area contributed by atoms with Crippen LogP contribution in [0, 0.1) is 5.41 Å². The minimum absolute atomic E-state index is 0.0718. The van der Waals surface area contributed by atoms with Gasteiger partial charge >= 0.3 is 12.0 Å². The molecule has 2 rings (SSSR count). The third-order valence-electron chi connectivity index (χ3n) is 5.02. The molecule has 0 aliphatic rings. The number of amides is 3. The first-order valence-electron chi connectivity index (χ1n) is 10.8. The number of nitrogens with two attached hydrogens (primary N) is 1. The molecule has 12 nitrogen and oxygen atoms in total. The van der Waals surface area contributed by atoms with E-state index in [0.29, 0.717) is 11.3 Å². The fourth-order valence-corrected chi connectivity index (χ4v) is 3.22. The fourth-order valence-electron chi connectivity index (χ4n) is 3.22. The lowest BCUT2D eigenvalue weighted by atomic mass is 10.0. The number of urea groups is 1. The molecule has 186 valence electrons. The van der Waals surface area contributed by atoms with Crippen LogP contribution in [-0.4, -0.2) is 52.2 Å². The van der Waals surface area contributed by atoms with E-state index in [1.54, 1.807) is 61.5 Å². The fraction of sp³-hybridized carbons (Fsp3) is 0.304. The molecule has 0 fully saturated rings. The summed E-state index contributed by atoms with van der Waals surface area (Å²) in [6.07, 6.45) is 0.332. The smallest absolute Gasteiger partial charge is 0.360 e. The Morgan fingerprint density at radius 1 is 1.00 bits per heavy atom. The Labute approximate surface area is 202 Å². The minimum Gasteiger partial charge on any atom is -0.480 e. The molecule has 0 saturated heterocycles. The predicted molar refractivity (Wildman–Crippen MR) is 128 cm³/mol. The van der Waals surface area contributed by atoms with Gasteiger partial charge in [0.2, 0.25) is 5.91 Å². The van der Waals surface area contributed by atoms with Crippen LogP contribution >= 0.6 is 0 Å². The van der Waals surface area contributed by atoms with Gasteiger partial charge in [-0.25, -0.2) is 9.59 Å². The number of carbonyl (C=O) groups is 3. The maximum atomic E-state index is 13.1. The monoisotopic (exact) mass is 483 g/mol. The van der Waals surface area contributed by atoms with Gasteiger partial charge in [-0.05, 0) is 29.7 Å². The summed E-state index contributed by atoms with van der Waals surface area (Å²) >= 11 is 0. The van der Waals surface area contributed by atoms with Crippen LogP contribution in [0.15, 0.2) is 64.8 Å². The standard InChI is InChI=1S/C23H29N7O5/c1-2-17(26-22(24)25)19(21(33)34)28-20(32)18(12-14-6-4-3-5-7-14)27-23(35)30-29-16-10-8-15(13-31)9-11-16/h3-11,17-19,31H,2,12-13H2,1H3,(H,27,35)(H,28,32)(H,33,34)(H4,24,25,26)/b30-29+. The SMILES string of the molecule is CCC(NC(=N)N)C(NC(=O)C(Cc1ccccc1)NC(=O)/N=N/c1ccc(CO)cc1)C(=O)O. The third-order valence-corrected chi connectivity index (χ3v) is 5.02. The molecule has 12 heteroatoms. The summed E-state index contributed by atoms with van der Waals surface area (Å²) in [5.74, 6) is -2.51. The van der Waals surface area contributed by atoms with E-state index >= 15 is 0 Å². The Morgan fingerprint density at radius 2 is 1.66 bits per heavy atom. The Kier molecular flexibility index (Phi) is 10.3. The summed E-state index contributed by atoms with van der Waals surface area (Å²) in [6, 6.07) is 11.0. The van der Waals surface area contributed by atoms with Crippen molar-refractivity contribution < 1.29 is 24.6 Å². The molecule has 0 heterocycles. The normalized spacial score (nSPS) is 13.4. The first kappa shape index (κ1) is 26.9. The zero-order valence-electron chi connectivity index (χ0n) is 19.1. The van der Waals surface area contributed by atoms with Crippen LogP contribution < -0.4 is 21.7 Å². The van der Waals surface area contributed by atoms with Gasteiger partial charge in [-0.15, -0.1) is 5.11 Å². The van der Waals surface area contributed by atoms with Crippen molar-refractivity contribution in [3.8, 4) is 0 Å². The number of benzene rings is 2. The zero-order valence-corrected chi connectivity index (χ0v) is 19.1. The van der Waals surface area contributed by atoms with Crippen LogP contribution in [0.1, 0.15) is 24.5 Å². The number of aliphatic hydroxyl groups is 1. The number of aliphatic hydroxyl groups excluding tert-OH is 1. The van der Waals surface area contributed by atoms with E-state index in [2.05, 4.69) is 26.2 Å². The molecule has 8 N–H and O–H groups in total. The van der Waals surface area contributed by atoms with Crippen LogP contribution in [0.3, 0.4) is 0 Å². The molecule has 3 amide bonds. The molecular formula is C23H29N7O5. The third kappa shape index (κ3) is 8.85. The van der Waals surface area contributed by atoms with Gasteiger partial charge in [0.1, 0.15) is 12.1 Å². The van der Waals surface area contributed by atoms with Gasteiger partial charge < -0.3 is 31.9 Å². The molecule has 2 aromatic rings. The van der Waals surface area contributed by atoms with Gasteiger partial charge in [0.15, 0.2) is 5.96 Å². The van der Waals surface area contributed by atoms with Crippen molar-refractivity contribution >= 4 is 29.6 Å². The van der Waals surface area contributed by atoms with Gasteiger partial charge in [-0.3, -0.25) is 10.2 Å². The van der Waals surface area contributed by atoms with Crippen molar-refractivity contribution in [1.82, 2.24) is 16.0 Å². The van der Waals surface area contributed by atoms with Crippen molar-refractivity contribution in [3.05, 3.63) is 65.7 Å². The number of rotatable bonds is 11. The van der Waals surface area contributed by atoms with E-state index in [1.165, 1.54) is 0 Å². The second-order valence-corrected chi connectivity index (χ2v) is 7.61. The summed E-state index contributed by atoms with van der Waals surface area (Å²) in [7, 11) is 0. The first-order chi connectivity index (χ1) is 16.7. The summed E-state index contributed by atoms with van der Waals surface area (Å²) < 4.78 is 0. The van der Waals surface area contributed by atoms with Gasteiger partial charge in [0.25, 0.3) is 0 Å². The number of aliphatic carboxylic acids is 1. The lowest BCUT2D eigenvalue weighted by Crippen LogP contribution is -2.59. The van der Waals surface area contributed by atoms with Crippen molar-refractivity contribution in [2.24, 2.45) is 16.0 Å². The van der Waals surface area contributed by atoms with Gasteiger partial charge in [-0.1, -0.05) is 54.5 Å². The summed E-state index contributed by atoms with van der Waals surface area (Å²) in [6.45, 7) is 1.55. The summed E-state index contributed by atoms with van der Waals surface area (Å²) in [5.41, 5.74) is 7.11. The number of hydrogen-bond acceptors (Lipinski definition) is 6. The lowest BCUT2D eigenvalue weighted by molar-refractivity contribution is -0.142.